The van der Waals surface area contributed by atoms with Crippen molar-refractivity contribution in [3.05, 3.63) is 11.5 Å². The summed E-state index contributed by atoms with van der Waals surface area (Å²) in [5.41, 5.74) is 0.677. The van der Waals surface area contributed by atoms with E-state index in [9.17, 15) is 0 Å². The fourth-order valence-electron chi connectivity index (χ4n) is 2.79. The molecule has 2 atom stereocenters. The highest BCUT2D eigenvalue weighted by atomic mass is 35.5. The van der Waals surface area contributed by atoms with E-state index in [1.807, 2.05) is 0 Å². The number of nitrogens with one attached hydrogen (secondary N) is 1. The highest BCUT2D eigenvalue weighted by Crippen LogP contribution is 2.31. The van der Waals surface area contributed by atoms with Gasteiger partial charge in [0.15, 0.2) is 10.3 Å². The molecular weight excluding hydrogens is 320 g/mol. The van der Waals surface area contributed by atoms with Gasteiger partial charge >= 0.3 is 0 Å². The first kappa shape index (κ1) is 15.9. The van der Waals surface area contributed by atoms with Crippen LogP contribution in [0.2, 0.25) is 5.15 Å². The average molecular weight is 341 g/mol. The summed E-state index contributed by atoms with van der Waals surface area (Å²) in [6, 6.07) is 0.318. The lowest BCUT2D eigenvalue weighted by Crippen LogP contribution is -2.38. The Balaban J connectivity index is 1.69. The Morgan fingerprint density at radius 3 is 3.05 bits per heavy atom. The molecule has 0 aliphatic heterocycles. The molecule has 1 fully saturated rings. The Bertz CT molecular complexity index is 621. The van der Waals surface area contributed by atoms with Crippen LogP contribution in [0, 0.1) is 0 Å². The van der Waals surface area contributed by atoms with Crippen LogP contribution in [0.25, 0.3) is 10.3 Å². The molecule has 120 valence electrons. The fourth-order valence-corrected chi connectivity index (χ4v) is 3.89. The number of hydrogen-bond acceptors (Lipinski definition) is 6. The van der Waals surface area contributed by atoms with Crippen molar-refractivity contribution in [1.29, 1.82) is 0 Å². The van der Waals surface area contributed by atoms with Gasteiger partial charge in [0, 0.05) is 6.61 Å². The second kappa shape index (κ2) is 7.53. The van der Waals surface area contributed by atoms with Gasteiger partial charge in [-0.15, -0.1) is 0 Å². The molecule has 0 amide bonds. The fraction of sp³-hybridized carbons (Fsp3) is 0.667. The largest absolute Gasteiger partial charge is 0.376 e. The number of ether oxygens (including phenoxy) is 1. The normalized spacial score (nSPS) is 22.1. The highest BCUT2D eigenvalue weighted by molar-refractivity contribution is 7.21. The van der Waals surface area contributed by atoms with Gasteiger partial charge in [-0.3, -0.25) is 0 Å². The molecule has 1 aliphatic carbocycles. The summed E-state index contributed by atoms with van der Waals surface area (Å²) in [4.78, 5) is 13.6. The molecule has 1 unspecified atom stereocenters. The topological polar surface area (TPSA) is 59.9 Å². The second-order valence-electron chi connectivity index (χ2n) is 5.64. The lowest BCUT2D eigenvalue weighted by Gasteiger charge is -2.32. The first-order chi connectivity index (χ1) is 10.8. The number of anilines is 1. The maximum atomic E-state index is 6.07. The van der Waals surface area contributed by atoms with E-state index >= 15 is 0 Å². The number of hydrogen-bond donors (Lipinski definition) is 1. The Labute approximate surface area is 139 Å². The van der Waals surface area contributed by atoms with Gasteiger partial charge in [0.05, 0.1) is 12.1 Å². The monoisotopic (exact) mass is 340 g/mol. The van der Waals surface area contributed by atoms with Crippen molar-refractivity contribution >= 4 is 38.4 Å². The first-order valence-electron chi connectivity index (χ1n) is 7.93. The molecule has 1 aliphatic rings. The number of unbranched alkanes of at least 4 members (excludes halogenated alkanes) is 1. The third-order valence-electron chi connectivity index (χ3n) is 3.99. The zero-order valence-electron chi connectivity index (χ0n) is 12.7. The van der Waals surface area contributed by atoms with Crippen LogP contribution in [0.5, 0.6) is 0 Å². The van der Waals surface area contributed by atoms with Gasteiger partial charge < -0.3 is 10.1 Å². The molecule has 3 rings (SSSR count). The second-order valence-corrected chi connectivity index (χ2v) is 6.97. The summed E-state index contributed by atoms with van der Waals surface area (Å²) in [5, 5.41) is 4.80. The minimum Gasteiger partial charge on any atom is -0.376 e. The molecule has 1 saturated carbocycles. The number of halogens is 1. The van der Waals surface area contributed by atoms with E-state index in [1.165, 1.54) is 36.9 Å². The average Bonchev–Trinajstić information content (AvgIpc) is 2.93. The van der Waals surface area contributed by atoms with Crippen molar-refractivity contribution in [2.24, 2.45) is 0 Å². The SMILES string of the molecule is CCCCO[C@@H]1CCCCC1Nc1nc2c(Cl)ncnc2s1. The Hall–Kier alpha value is -0.980. The van der Waals surface area contributed by atoms with Crippen molar-refractivity contribution in [2.45, 2.75) is 57.6 Å². The minimum absolute atomic E-state index is 0.272. The Morgan fingerprint density at radius 1 is 1.36 bits per heavy atom. The third kappa shape index (κ3) is 3.67. The first-order valence-corrected chi connectivity index (χ1v) is 9.12. The summed E-state index contributed by atoms with van der Waals surface area (Å²) in [7, 11) is 0. The van der Waals surface area contributed by atoms with Gasteiger partial charge in [-0.2, -0.15) is 0 Å². The standard InChI is InChI=1S/C15H21ClN4OS/c1-2-3-8-21-11-7-5-4-6-10(11)19-15-20-12-13(16)17-9-18-14(12)22-15/h9-11H,2-8H2,1H3,(H,19,20)/t10?,11-/m1/s1. The van der Waals surface area contributed by atoms with Crippen molar-refractivity contribution < 1.29 is 4.74 Å². The molecule has 7 heteroatoms. The number of fused-ring (bicyclic) bond motifs is 1. The van der Waals surface area contributed by atoms with Crippen LogP contribution in [0.1, 0.15) is 45.4 Å². The molecule has 0 radical (unpaired) electrons. The van der Waals surface area contributed by atoms with Crippen LogP contribution in [0.4, 0.5) is 5.13 Å². The molecule has 0 saturated heterocycles. The molecule has 22 heavy (non-hydrogen) atoms. The molecule has 2 aromatic rings. The molecule has 0 bridgehead atoms. The van der Waals surface area contributed by atoms with Crippen LogP contribution in [0.15, 0.2) is 6.33 Å². The number of rotatable bonds is 6. The van der Waals surface area contributed by atoms with Crippen molar-refractivity contribution in [3.8, 4) is 0 Å². The molecule has 5 nitrogen and oxygen atoms in total. The quantitative estimate of drug-likeness (QED) is 0.628. The van der Waals surface area contributed by atoms with Crippen molar-refractivity contribution in [2.75, 3.05) is 11.9 Å². The van der Waals surface area contributed by atoms with E-state index in [-0.39, 0.29) is 6.10 Å². The lowest BCUT2D eigenvalue weighted by molar-refractivity contribution is 0.0187. The molecule has 2 heterocycles. The van der Waals surface area contributed by atoms with Crippen LogP contribution in [-0.4, -0.2) is 33.7 Å². The van der Waals surface area contributed by atoms with Gasteiger partial charge in [0.2, 0.25) is 0 Å². The van der Waals surface area contributed by atoms with Gasteiger partial charge in [-0.1, -0.05) is 49.1 Å². The van der Waals surface area contributed by atoms with Crippen LogP contribution >= 0.6 is 22.9 Å². The van der Waals surface area contributed by atoms with Gasteiger partial charge in [0.25, 0.3) is 0 Å². The lowest BCUT2D eigenvalue weighted by atomic mass is 9.92. The Kier molecular flexibility index (Phi) is 5.44. The summed E-state index contributed by atoms with van der Waals surface area (Å²) < 4.78 is 6.07. The van der Waals surface area contributed by atoms with Crippen molar-refractivity contribution in [1.82, 2.24) is 15.0 Å². The zero-order valence-corrected chi connectivity index (χ0v) is 14.3. The summed E-state index contributed by atoms with van der Waals surface area (Å²) >= 11 is 7.59. The predicted octanol–water partition coefficient (Wildman–Crippen LogP) is 4.28. The minimum atomic E-state index is 0.272. The van der Waals surface area contributed by atoms with Crippen LogP contribution in [0.3, 0.4) is 0 Å². The van der Waals surface area contributed by atoms with E-state index in [0.29, 0.717) is 16.7 Å². The smallest absolute Gasteiger partial charge is 0.185 e. The van der Waals surface area contributed by atoms with Crippen LogP contribution in [-0.2, 0) is 4.74 Å². The maximum Gasteiger partial charge on any atom is 0.185 e. The maximum absolute atomic E-state index is 6.07. The zero-order chi connectivity index (χ0) is 15.4. The predicted molar refractivity (Wildman–Crippen MR) is 90.7 cm³/mol. The van der Waals surface area contributed by atoms with Gasteiger partial charge in [0.1, 0.15) is 16.7 Å². The summed E-state index contributed by atoms with van der Waals surface area (Å²) in [5.74, 6) is 0. The summed E-state index contributed by atoms with van der Waals surface area (Å²) in [6.45, 7) is 3.03. The molecule has 0 aromatic carbocycles. The van der Waals surface area contributed by atoms with Gasteiger partial charge in [-0.25, -0.2) is 15.0 Å². The molecule has 1 N–H and O–H groups in total. The third-order valence-corrected chi connectivity index (χ3v) is 5.16. The van der Waals surface area contributed by atoms with E-state index in [2.05, 4.69) is 27.2 Å². The molecule has 0 spiro atoms. The number of thiazole rings is 1. The van der Waals surface area contributed by atoms with E-state index in [4.69, 9.17) is 16.3 Å². The molecule has 2 aromatic heterocycles. The van der Waals surface area contributed by atoms with E-state index < -0.39 is 0 Å². The molecular formula is C15H21ClN4OS. The van der Waals surface area contributed by atoms with Gasteiger partial charge in [-0.05, 0) is 19.3 Å². The van der Waals surface area contributed by atoms with E-state index in [0.717, 1.165) is 35.8 Å². The van der Waals surface area contributed by atoms with Crippen LogP contribution < -0.4 is 5.32 Å². The highest BCUT2D eigenvalue weighted by Gasteiger charge is 2.26. The number of aromatic nitrogens is 3. The Morgan fingerprint density at radius 2 is 2.23 bits per heavy atom. The number of nitrogens with zero attached hydrogens (tertiary/aromatic N) is 3. The van der Waals surface area contributed by atoms with Crippen molar-refractivity contribution in [3.63, 3.8) is 0 Å². The van der Waals surface area contributed by atoms with E-state index in [1.54, 1.807) is 0 Å². The summed E-state index contributed by atoms with van der Waals surface area (Å²) in [6.07, 6.45) is 8.75.